The number of hydrogen-bond acceptors (Lipinski definition) is 5. The number of sulfonamides is 1. The number of benzene rings is 2. The van der Waals surface area contributed by atoms with E-state index in [1.165, 1.54) is 25.1 Å². The van der Waals surface area contributed by atoms with E-state index in [-0.39, 0.29) is 16.6 Å². The highest BCUT2D eigenvalue weighted by atomic mass is 32.2. The number of nitrogens with one attached hydrogen (secondary N) is 1. The summed E-state index contributed by atoms with van der Waals surface area (Å²) in [6.45, 7) is 7.38. The van der Waals surface area contributed by atoms with Gasteiger partial charge in [-0.15, -0.1) is 0 Å². The maximum Gasteiger partial charge on any atom is 0.241 e. The summed E-state index contributed by atoms with van der Waals surface area (Å²) in [5.74, 6) is 0.0202. The van der Waals surface area contributed by atoms with Crippen LogP contribution >= 0.6 is 0 Å². The summed E-state index contributed by atoms with van der Waals surface area (Å²) in [5, 5.41) is 0. The molecule has 1 fully saturated rings. The third kappa shape index (κ3) is 5.34. The van der Waals surface area contributed by atoms with Crippen LogP contribution in [0, 0.1) is 12.7 Å². The lowest BCUT2D eigenvalue weighted by Gasteiger charge is -2.37. The zero-order valence-electron chi connectivity index (χ0n) is 18.0. The van der Waals surface area contributed by atoms with Crippen molar-refractivity contribution >= 4 is 21.6 Å². The van der Waals surface area contributed by atoms with Crippen molar-refractivity contribution < 1.29 is 22.3 Å². The number of rotatable bonds is 7. The van der Waals surface area contributed by atoms with Gasteiger partial charge < -0.3 is 14.5 Å². The van der Waals surface area contributed by atoms with Gasteiger partial charge in [0.15, 0.2) is 0 Å². The Morgan fingerprint density at radius 2 is 1.84 bits per heavy atom. The minimum atomic E-state index is -3.87. The summed E-state index contributed by atoms with van der Waals surface area (Å²) in [6.07, 6.45) is 0. The summed E-state index contributed by atoms with van der Waals surface area (Å²) in [5.41, 5.74) is 1.21. The molecule has 9 heteroatoms. The first-order valence-electron chi connectivity index (χ1n) is 10.3. The molecular formula is C22H28FN3O4S. The third-order valence-corrected chi connectivity index (χ3v) is 6.78. The van der Waals surface area contributed by atoms with Crippen molar-refractivity contribution in [1.29, 1.82) is 0 Å². The molecule has 1 saturated heterocycles. The lowest BCUT2D eigenvalue weighted by molar-refractivity contribution is -0.132. The van der Waals surface area contributed by atoms with E-state index < -0.39 is 16.1 Å². The number of ether oxygens (including phenoxy) is 1. The fourth-order valence-corrected chi connectivity index (χ4v) is 4.89. The van der Waals surface area contributed by atoms with Crippen molar-refractivity contribution in [2.75, 3.05) is 37.7 Å². The zero-order chi connectivity index (χ0) is 22.6. The van der Waals surface area contributed by atoms with Crippen LogP contribution in [0.4, 0.5) is 10.1 Å². The van der Waals surface area contributed by atoms with E-state index in [1.807, 2.05) is 11.8 Å². The second-order valence-electron chi connectivity index (χ2n) is 7.47. The van der Waals surface area contributed by atoms with E-state index >= 15 is 0 Å². The smallest absolute Gasteiger partial charge is 0.241 e. The van der Waals surface area contributed by atoms with Gasteiger partial charge in [0.1, 0.15) is 11.6 Å². The van der Waals surface area contributed by atoms with Crippen LogP contribution in [-0.4, -0.2) is 58.1 Å². The van der Waals surface area contributed by atoms with Gasteiger partial charge >= 0.3 is 0 Å². The van der Waals surface area contributed by atoms with Crippen molar-refractivity contribution in [3.05, 3.63) is 53.8 Å². The second kappa shape index (κ2) is 9.65. The highest BCUT2D eigenvalue weighted by Gasteiger charge is 2.29. The van der Waals surface area contributed by atoms with Gasteiger partial charge in [0.25, 0.3) is 0 Å². The first kappa shape index (κ1) is 23.0. The quantitative estimate of drug-likeness (QED) is 0.703. The Morgan fingerprint density at radius 1 is 1.16 bits per heavy atom. The van der Waals surface area contributed by atoms with Crippen LogP contribution in [0.5, 0.6) is 5.75 Å². The molecule has 0 aromatic heterocycles. The first-order valence-corrected chi connectivity index (χ1v) is 11.7. The SMILES string of the molecule is CCOc1ccc(S(=O)(=O)N[C@H](C)C(=O)N2CCN(c3ccccc3F)CC2)cc1C. The van der Waals surface area contributed by atoms with Crippen molar-refractivity contribution in [1.82, 2.24) is 9.62 Å². The minimum absolute atomic E-state index is 0.0810. The Hall–Kier alpha value is -2.65. The van der Waals surface area contributed by atoms with Gasteiger partial charge in [-0.3, -0.25) is 4.79 Å². The van der Waals surface area contributed by atoms with Gasteiger partial charge in [-0.25, -0.2) is 12.8 Å². The average Bonchev–Trinajstić information content (AvgIpc) is 2.75. The van der Waals surface area contributed by atoms with Crippen LogP contribution in [-0.2, 0) is 14.8 Å². The van der Waals surface area contributed by atoms with Crippen LogP contribution in [0.2, 0.25) is 0 Å². The van der Waals surface area contributed by atoms with E-state index in [2.05, 4.69) is 4.72 Å². The molecule has 0 radical (unpaired) electrons. The molecule has 3 rings (SSSR count). The molecule has 2 aromatic rings. The Labute approximate surface area is 182 Å². The largest absolute Gasteiger partial charge is 0.494 e. The molecule has 1 N–H and O–H groups in total. The molecule has 31 heavy (non-hydrogen) atoms. The van der Waals surface area contributed by atoms with Gasteiger partial charge in [0.05, 0.1) is 23.2 Å². The molecule has 7 nitrogen and oxygen atoms in total. The minimum Gasteiger partial charge on any atom is -0.494 e. The number of carbonyl (C=O) groups is 1. The fourth-order valence-electron chi connectivity index (χ4n) is 3.61. The zero-order valence-corrected chi connectivity index (χ0v) is 18.8. The summed E-state index contributed by atoms with van der Waals surface area (Å²) >= 11 is 0. The van der Waals surface area contributed by atoms with Gasteiger partial charge in [-0.05, 0) is 56.7 Å². The molecule has 0 saturated carbocycles. The monoisotopic (exact) mass is 449 g/mol. The summed E-state index contributed by atoms with van der Waals surface area (Å²) in [6, 6.07) is 10.2. The number of para-hydroxylation sites is 1. The van der Waals surface area contributed by atoms with E-state index in [4.69, 9.17) is 4.74 Å². The average molecular weight is 450 g/mol. The molecule has 1 aliphatic heterocycles. The molecule has 1 aliphatic rings. The highest BCUT2D eigenvalue weighted by Crippen LogP contribution is 2.23. The van der Waals surface area contributed by atoms with Crippen molar-refractivity contribution in [3.63, 3.8) is 0 Å². The number of amides is 1. The number of piperazine rings is 1. The maximum atomic E-state index is 14.0. The number of hydrogen-bond donors (Lipinski definition) is 1. The number of anilines is 1. The van der Waals surface area contributed by atoms with Crippen molar-refractivity contribution in [3.8, 4) is 5.75 Å². The molecular weight excluding hydrogens is 421 g/mol. The van der Waals surface area contributed by atoms with Crippen LogP contribution in [0.15, 0.2) is 47.4 Å². The number of carbonyl (C=O) groups excluding carboxylic acids is 1. The maximum absolute atomic E-state index is 14.0. The van der Waals surface area contributed by atoms with Gasteiger partial charge in [0, 0.05) is 26.2 Å². The van der Waals surface area contributed by atoms with Crippen LogP contribution in [0.3, 0.4) is 0 Å². The van der Waals surface area contributed by atoms with E-state index in [0.29, 0.717) is 49.8 Å². The number of nitrogens with zero attached hydrogens (tertiary/aromatic N) is 2. The molecule has 2 aromatic carbocycles. The van der Waals surface area contributed by atoms with Crippen LogP contribution < -0.4 is 14.4 Å². The topological polar surface area (TPSA) is 78.9 Å². The number of aryl methyl sites for hydroxylation is 1. The van der Waals surface area contributed by atoms with Crippen LogP contribution in [0.25, 0.3) is 0 Å². The summed E-state index contributed by atoms with van der Waals surface area (Å²) in [7, 11) is -3.87. The van der Waals surface area contributed by atoms with Gasteiger partial charge in [0.2, 0.25) is 15.9 Å². The van der Waals surface area contributed by atoms with Gasteiger partial charge in [-0.2, -0.15) is 4.72 Å². The molecule has 1 amide bonds. The predicted molar refractivity (Wildman–Crippen MR) is 117 cm³/mol. The summed E-state index contributed by atoms with van der Waals surface area (Å²) in [4.78, 5) is 16.4. The van der Waals surface area contributed by atoms with Gasteiger partial charge in [-0.1, -0.05) is 12.1 Å². The van der Waals surface area contributed by atoms with Crippen molar-refractivity contribution in [2.24, 2.45) is 0 Å². The Bertz CT molecular complexity index is 1040. The standard InChI is InChI=1S/C22H28FN3O4S/c1-4-30-21-10-9-18(15-16(21)2)31(28,29)24-17(3)22(27)26-13-11-25(12-14-26)20-8-6-5-7-19(20)23/h5-10,15,17,24H,4,11-14H2,1-3H3/t17-/m1/s1. The normalized spacial score (nSPS) is 15.6. The lowest BCUT2D eigenvalue weighted by Crippen LogP contribution is -2.54. The Balaban J connectivity index is 1.61. The Morgan fingerprint density at radius 3 is 2.45 bits per heavy atom. The van der Waals surface area contributed by atoms with Crippen LogP contribution in [0.1, 0.15) is 19.4 Å². The highest BCUT2D eigenvalue weighted by molar-refractivity contribution is 7.89. The molecule has 0 bridgehead atoms. The van der Waals surface area contributed by atoms with E-state index in [0.717, 1.165) is 0 Å². The Kier molecular flexibility index (Phi) is 7.17. The molecule has 1 heterocycles. The van der Waals surface area contributed by atoms with E-state index in [1.54, 1.807) is 36.1 Å². The molecule has 0 unspecified atom stereocenters. The van der Waals surface area contributed by atoms with E-state index in [9.17, 15) is 17.6 Å². The number of halogens is 1. The second-order valence-corrected chi connectivity index (χ2v) is 9.18. The summed E-state index contributed by atoms with van der Waals surface area (Å²) < 4.78 is 47.4. The third-order valence-electron chi connectivity index (χ3n) is 5.24. The molecule has 0 aliphatic carbocycles. The molecule has 0 spiro atoms. The fraction of sp³-hybridized carbons (Fsp3) is 0.409. The molecule has 1 atom stereocenters. The lowest BCUT2D eigenvalue weighted by atomic mass is 10.2. The molecule has 168 valence electrons. The predicted octanol–water partition coefficient (Wildman–Crippen LogP) is 2.55. The van der Waals surface area contributed by atoms with Crippen molar-refractivity contribution in [2.45, 2.75) is 31.7 Å². The first-order chi connectivity index (χ1) is 14.7.